The number of nitrogens with one attached hydrogen (secondary N) is 1. The second kappa shape index (κ2) is 7.04. The second-order valence-corrected chi connectivity index (χ2v) is 5.42. The van der Waals surface area contributed by atoms with Crippen molar-refractivity contribution in [2.24, 2.45) is 0 Å². The van der Waals surface area contributed by atoms with E-state index < -0.39 is 0 Å². The number of hydrogen-bond donors (Lipinski definition) is 1. The Labute approximate surface area is 137 Å². The highest BCUT2D eigenvalue weighted by Gasteiger charge is 2.08. The first-order valence-electron chi connectivity index (χ1n) is 7.59. The summed E-state index contributed by atoms with van der Waals surface area (Å²) >= 11 is 0. The largest absolute Gasteiger partial charge is 0.354 e. The van der Waals surface area contributed by atoms with Gasteiger partial charge in [-0.3, -0.25) is 9.59 Å². The molecule has 0 atom stereocenters. The zero-order chi connectivity index (χ0) is 16.9. The first-order valence-corrected chi connectivity index (χ1v) is 7.59. The predicted molar refractivity (Wildman–Crippen MR) is 89.1 cm³/mol. The van der Waals surface area contributed by atoms with Crippen LogP contribution in [0.2, 0.25) is 0 Å². The van der Waals surface area contributed by atoms with E-state index in [9.17, 15) is 14.0 Å². The molecule has 0 saturated heterocycles. The van der Waals surface area contributed by atoms with Crippen LogP contribution in [0.3, 0.4) is 0 Å². The predicted octanol–water partition coefficient (Wildman–Crippen LogP) is 1.89. The van der Waals surface area contributed by atoms with E-state index in [4.69, 9.17) is 0 Å². The molecule has 5 nitrogen and oxygen atoms in total. The summed E-state index contributed by atoms with van der Waals surface area (Å²) in [6, 6.07) is 13.2. The number of fused-ring (bicyclic) bond motifs is 1. The van der Waals surface area contributed by atoms with E-state index in [1.54, 1.807) is 36.5 Å². The smallest absolute Gasteiger partial charge is 0.275 e. The standard InChI is InChI=1S/C18H16FN3O2/c19-15-7-5-13(6-8-15)9-10-20-17(23)12-22-18(24)16-4-2-1-3-14(16)11-21-22/h1-8,11H,9-10,12H2,(H,20,23). The van der Waals surface area contributed by atoms with Gasteiger partial charge in [-0.1, -0.05) is 30.3 Å². The monoisotopic (exact) mass is 325 g/mol. The molecule has 0 saturated carbocycles. The molecule has 1 heterocycles. The van der Waals surface area contributed by atoms with Crippen LogP contribution in [-0.2, 0) is 17.8 Å². The van der Waals surface area contributed by atoms with Gasteiger partial charge in [0.1, 0.15) is 12.4 Å². The summed E-state index contributed by atoms with van der Waals surface area (Å²) in [7, 11) is 0. The molecule has 6 heteroatoms. The maximum Gasteiger partial charge on any atom is 0.275 e. The van der Waals surface area contributed by atoms with Crippen LogP contribution in [0.4, 0.5) is 4.39 Å². The fraction of sp³-hybridized carbons (Fsp3) is 0.167. The molecule has 0 bridgehead atoms. The second-order valence-electron chi connectivity index (χ2n) is 5.42. The molecule has 0 spiro atoms. The van der Waals surface area contributed by atoms with Gasteiger partial charge in [0.2, 0.25) is 5.91 Å². The summed E-state index contributed by atoms with van der Waals surface area (Å²) in [5, 5.41) is 8.04. The first-order chi connectivity index (χ1) is 11.6. The van der Waals surface area contributed by atoms with Crippen molar-refractivity contribution < 1.29 is 9.18 Å². The quantitative estimate of drug-likeness (QED) is 0.779. The van der Waals surface area contributed by atoms with Gasteiger partial charge < -0.3 is 5.32 Å². The third kappa shape index (κ3) is 3.65. The van der Waals surface area contributed by atoms with Crippen molar-refractivity contribution in [1.29, 1.82) is 0 Å². The molecule has 0 aliphatic heterocycles. The number of amides is 1. The van der Waals surface area contributed by atoms with Gasteiger partial charge in [-0.2, -0.15) is 5.10 Å². The molecule has 1 amide bonds. The Kier molecular flexibility index (Phi) is 4.65. The van der Waals surface area contributed by atoms with Crippen molar-refractivity contribution in [3.8, 4) is 0 Å². The summed E-state index contributed by atoms with van der Waals surface area (Å²) in [5.41, 5.74) is 0.638. The lowest BCUT2D eigenvalue weighted by Crippen LogP contribution is -2.34. The van der Waals surface area contributed by atoms with Gasteiger partial charge in [0, 0.05) is 11.9 Å². The van der Waals surface area contributed by atoms with E-state index in [0.717, 1.165) is 15.6 Å². The third-order valence-corrected chi connectivity index (χ3v) is 3.70. The van der Waals surface area contributed by atoms with Crippen molar-refractivity contribution in [3.63, 3.8) is 0 Å². The highest BCUT2D eigenvalue weighted by atomic mass is 19.1. The highest BCUT2D eigenvalue weighted by Crippen LogP contribution is 2.06. The van der Waals surface area contributed by atoms with E-state index in [0.29, 0.717) is 18.4 Å². The molecule has 3 rings (SSSR count). The van der Waals surface area contributed by atoms with Crippen LogP contribution >= 0.6 is 0 Å². The molecule has 0 aliphatic rings. The van der Waals surface area contributed by atoms with E-state index in [1.807, 2.05) is 6.07 Å². The normalized spacial score (nSPS) is 10.7. The van der Waals surface area contributed by atoms with Gasteiger partial charge in [0.15, 0.2) is 0 Å². The minimum atomic E-state index is -0.290. The molecular weight excluding hydrogens is 309 g/mol. The Balaban J connectivity index is 1.60. The van der Waals surface area contributed by atoms with Crippen LogP contribution in [0, 0.1) is 5.82 Å². The van der Waals surface area contributed by atoms with Crippen molar-refractivity contribution in [3.05, 3.63) is 76.5 Å². The van der Waals surface area contributed by atoms with E-state index in [1.165, 1.54) is 12.1 Å². The van der Waals surface area contributed by atoms with E-state index in [-0.39, 0.29) is 23.8 Å². The maximum atomic E-state index is 12.8. The van der Waals surface area contributed by atoms with Crippen LogP contribution in [0.25, 0.3) is 10.8 Å². The molecule has 3 aromatic rings. The summed E-state index contributed by atoms with van der Waals surface area (Å²) in [6.45, 7) is 0.278. The Morgan fingerprint density at radius 1 is 1.12 bits per heavy atom. The van der Waals surface area contributed by atoms with E-state index >= 15 is 0 Å². The number of halogens is 1. The Hall–Kier alpha value is -3.02. The van der Waals surface area contributed by atoms with Gasteiger partial charge in [-0.15, -0.1) is 0 Å². The van der Waals surface area contributed by atoms with Crippen LogP contribution in [-0.4, -0.2) is 22.2 Å². The number of carbonyl (C=O) groups excluding carboxylic acids is 1. The Morgan fingerprint density at radius 2 is 1.88 bits per heavy atom. The van der Waals surface area contributed by atoms with Crippen LogP contribution in [0.15, 0.2) is 59.5 Å². The topological polar surface area (TPSA) is 64.0 Å². The number of rotatable bonds is 5. The molecule has 2 aromatic carbocycles. The van der Waals surface area contributed by atoms with Crippen molar-refractivity contribution in [2.75, 3.05) is 6.54 Å². The summed E-state index contributed by atoms with van der Waals surface area (Å²) in [5.74, 6) is -0.577. The molecule has 1 aromatic heterocycles. The maximum absolute atomic E-state index is 12.8. The first kappa shape index (κ1) is 15.9. The number of hydrogen-bond acceptors (Lipinski definition) is 3. The Morgan fingerprint density at radius 3 is 2.67 bits per heavy atom. The third-order valence-electron chi connectivity index (χ3n) is 3.70. The van der Waals surface area contributed by atoms with Crippen LogP contribution in [0.5, 0.6) is 0 Å². The highest BCUT2D eigenvalue weighted by molar-refractivity contribution is 5.81. The fourth-order valence-corrected chi connectivity index (χ4v) is 2.43. The zero-order valence-corrected chi connectivity index (χ0v) is 12.9. The number of carbonyl (C=O) groups is 1. The van der Waals surface area contributed by atoms with Crippen LogP contribution in [0.1, 0.15) is 5.56 Å². The summed E-state index contributed by atoms with van der Waals surface area (Å²) < 4.78 is 14.0. The molecule has 0 fully saturated rings. The van der Waals surface area contributed by atoms with Gasteiger partial charge in [0.05, 0.1) is 11.6 Å². The molecule has 0 unspecified atom stereocenters. The average Bonchev–Trinajstić information content (AvgIpc) is 2.59. The molecule has 0 radical (unpaired) electrons. The number of benzene rings is 2. The van der Waals surface area contributed by atoms with Gasteiger partial charge >= 0.3 is 0 Å². The molecular formula is C18H16FN3O2. The lowest BCUT2D eigenvalue weighted by Gasteiger charge is -2.07. The molecule has 1 N–H and O–H groups in total. The van der Waals surface area contributed by atoms with E-state index in [2.05, 4.69) is 10.4 Å². The zero-order valence-electron chi connectivity index (χ0n) is 12.9. The van der Waals surface area contributed by atoms with Gasteiger partial charge in [-0.25, -0.2) is 9.07 Å². The van der Waals surface area contributed by atoms with Gasteiger partial charge in [0.25, 0.3) is 5.56 Å². The molecule has 0 aliphatic carbocycles. The molecule has 122 valence electrons. The number of aromatic nitrogens is 2. The van der Waals surface area contributed by atoms with Crippen molar-refractivity contribution >= 4 is 16.7 Å². The lowest BCUT2D eigenvalue weighted by molar-refractivity contribution is -0.121. The lowest BCUT2D eigenvalue weighted by atomic mass is 10.1. The SMILES string of the molecule is O=C(Cn1ncc2ccccc2c1=O)NCCc1ccc(F)cc1. The minimum absolute atomic E-state index is 0.132. The molecule has 24 heavy (non-hydrogen) atoms. The summed E-state index contributed by atoms with van der Waals surface area (Å²) in [4.78, 5) is 24.3. The van der Waals surface area contributed by atoms with Crippen LogP contribution < -0.4 is 10.9 Å². The minimum Gasteiger partial charge on any atom is -0.354 e. The number of nitrogens with zero attached hydrogens (tertiary/aromatic N) is 2. The summed E-state index contributed by atoms with van der Waals surface area (Å²) in [6.07, 6.45) is 2.16. The van der Waals surface area contributed by atoms with Crippen molar-refractivity contribution in [2.45, 2.75) is 13.0 Å². The fourth-order valence-electron chi connectivity index (χ4n) is 2.43. The average molecular weight is 325 g/mol. The Bertz CT molecular complexity index is 919. The van der Waals surface area contributed by atoms with Crippen molar-refractivity contribution in [1.82, 2.24) is 15.1 Å². The van der Waals surface area contributed by atoms with Gasteiger partial charge in [-0.05, 0) is 30.2 Å².